The molecule has 2 aromatic carbocycles. The highest BCUT2D eigenvalue weighted by atomic mass is 19.4. The third-order valence-corrected chi connectivity index (χ3v) is 5.20. The van der Waals surface area contributed by atoms with Gasteiger partial charge in [-0.2, -0.15) is 13.2 Å². The molecule has 0 aromatic heterocycles. The molecule has 0 atom stereocenters. The Labute approximate surface area is 168 Å². The Morgan fingerprint density at radius 1 is 1.14 bits per heavy atom. The van der Waals surface area contributed by atoms with Crippen molar-refractivity contribution in [3.05, 3.63) is 58.1 Å². The van der Waals surface area contributed by atoms with Crippen LogP contribution >= 0.6 is 0 Å². The van der Waals surface area contributed by atoms with Crippen molar-refractivity contribution in [1.29, 1.82) is 0 Å². The minimum Gasteiger partial charge on any atom is -0.488 e. The monoisotopic (exact) mass is 406 g/mol. The first kappa shape index (κ1) is 21.2. The van der Waals surface area contributed by atoms with Gasteiger partial charge in [-0.1, -0.05) is 26.0 Å². The van der Waals surface area contributed by atoms with Gasteiger partial charge in [0.05, 0.1) is 5.56 Å². The molecule has 1 saturated carbocycles. The largest absolute Gasteiger partial charge is 0.488 e. The smallest absolute Gasteiger partial charge is 0.419 e. The minimum atomic E-state index is -4.51. The topological polar surface area (TPSA) is 35.5 Å². The number of carbonyl (C=O) groups is 1. The van der Waals surface area contributed by atoms with Gasteiger partial charge in [0.25, 0.3) is 0 Å². The molecule has 29 heavy (non-hydrogen) atoms. The maximum absolute atomic E-state index is 13.6. The van der Waals surface area contributed by atoms with E-state index < -0.39 is 17.7 Å². The Balaban J connectivity index is 1.95. The van der Waals surface area contributed by atoms with Gasteiger partial charge in [-0.15, -0.1) is 0 Å². The number of carbonyl (C=O) groups excluding carboxylic acids is 1. The predicted molar refractivity (Wildman–Crippen MR) is 104 cm³/mol. The molecular formula is C23H25F3O3. The van der Waals surface area contributed by atoms with Crippen molar-refractivity contribution in [1.82, 2.24) is 0 Å². The van der Waals surface area contributed by atoms with Crippen molar-refractivity contribution in [2.75, 3.05) is 0 Å². The number of halogens is 3. The zero-order valence-electron chi connectivity index (χ0n) is 16.9. The molecule has 0 N–H and O–H groups in total. The number of benzene rings is 2. The lowest BCUT2D eigenvalue weighted by Crippen LogP contribution is -2.13. The van der Waals surface area contributed by atoms with E-state index in [4.69, 9.17) is 9.47 Å². The van der Waals surface area contributed by atoms with E-state index >= 15 is 0 Å². The fourth-order valence-corrected chi connectivity index (χ4v) is 3.40. The van der Waals surface area contributed by atoms with Crippen molar-refractivity contribution >= 4 is 5.97 Å². The van der Waals surface area contributed by atoms with Crippen LogP contribution in [0.1, 0.15) is 66.8 Å². The van der Waals surface area contributed by atoms with Crippen LogP contribution < -0.4 is 9.47 Å². The molecule has 1 aliphatic rings. The Hall–Kier alpha value is -2.50. The fraction of sp³-hybridized carbons (Fsp3) is 0.435. The summed E-state index contributed by atoms with van der Waals surface area (Å²) in [5.41, 5.74) is 2.23. The number of hydrogen-bond donors (Lipinski definition) is 0. The van der Waals surface area contributed by atoms with Crippen LogP contribution in [0.2, 0.25) is 0 Å². The summed E-state index contributed by atoms with van der Waals surface area (Å²) in [6.45, 7) is 5.20. The third-order valence-electron chi connectivity index (χ3n) is 5.20. The number of alkyl halides is 3. The molecular weight excluding hydrogens is 381 g/mol. The quantitative estimate of drug-likeness (QED) is 0.397. The van der Waals surface area contributed by atoms with Gasteiger partial charge in [0, 0.05) is 12.0 Å². The second kappa shape index (κ2) is 8.47. The Bertz CT molecular complexity index is 899. The third kappa shape index (κ3) is 4.92. The van der Waals surface area contributed by atoms with Crippen molar-refractivity contribution in [3.63, 3.8) is 0 Å². The lowest BCUT2D eigenvalue weighted by Gasteiger charge is -2.19. The van der Waals surface area contributed by atoms with Crippen molar-refractivity contribution in [3.8, 4) is 11.5 Å². The molecule has 0 unspecified atom stereocenters. The summed E-state index contributed by atoms with van der Waals surface area (Å²) >= 11 is 0. The maximum Gasteiger partial charge on any atom is 0.419 e. The molecule has 0 saturated heterocycles. The molecule has 3 rings (SSSR count). The second-order valence-corrected chi connectivity index (χ2v) is 7.34. The second-order valence-electron chi connectivity index (χ2n) is 7.34. The predicted octanol–water partition coefficient (Wildman–Crippen LogP) is 6.35. The van der Waals surface area contributed by atoms with Gasteiger partial charge < -0.3 is 9.47 Å². The molecule has 1 fully saturated rings. The highest BCUT2D eigenvalue weighted by Crippen LogP contribution is 2.44. The minimum absolute atomic E-state index is 0.0903. The molecule has 156 valence electrons. The molecule has 0 spiro atoms. The van der Waals surface area contributed by atoms with E-state index in [9.17, 15) is 18.0 Å². The number of rotatable bonds is 7. The zero-order valence-corrected chi connectivity index (χ0v) is 16.9. The van der Waals surface area contributed by atoms with Crippen molar-refractivity contribution < 1.29 is 27.4 Å². The number of aryl methyl sites for hydroxylation is 2. The first-order chi connectivity index (χ1) is 13.7. The lowest BCUT2D eigenvalue weighted by molar-refractivity contribution is -0.139. The summed E-state index contributed by atoms with van der Waals surface area (Å²) in [5.74, 6) is 0.0979. The summed E-state index contributed by atoms with van der Waals surface area (Å²) in [6, 6.07) is 8.00. The Morgan fingerprint density at radius 2 is 1.86 bits per heavy atom. The van der Waals surface area contributed by atoms with Crippen molar-refractivity contribution in [2.45, 2.75) is 65.2 Å². The van der Waals surface area contributed by atoms with Crippen LogP contribution in [0.4, 0.5) is 13.2 Å². The van der Waals surface area contributed by atoms with E-state index in [-0.39, 0.29) is 18.8 Å². The van der Waals surface area contributed by atoms with E-state index in [1.54, 1.807) is 26.0 Å². The van der Waals surface area contributed by atoms with E-state index in [0.717, 1.165) is 30.0 Å². The van der Waals surface area contributed by atoms with Gasteiger partial charge in [-0.25, -0.2) is 0 Å². The van der Waals surface area contributed by atoms with Crippen molar-refractivity contribution in [2.24, 2.45) is 0 Å². The van der Waals surface area contributed by atoms with Gasteiger partial charge in [0.1, 0.15) is 18.1 Å². The van der Waals surface area contributed by atoms with Gasteiger partial charge in [-0.05, 0) is 67.0 Å². The summed E-state index contributed by atoms with van der Waals surface area (Å²) in [5, 5.41) is 0. The van der Waals surface area contributed by atoms with Gasteiger partial charge >= 0.3 is 12.1 Å². The summed E-state index contributed by atoms with van der Waals surface area (Å²) in [6.07, 6.45) is -1.77. The van der Waals surface area contributed by atoms with Gasteiger partial charge in [-0.3, -0.25) is 4.79 Å². The number of hydrogen-bond acceptors (Lipinski definition) is 3. The van der Waals surface area contributed by atoms with E-state index in [1.807, 2.05) is 13.0 Å². The number of esters is 1. The van der Waals surface area contributed by atoms with Gasteiger partial charge in [0.2, 0.25) is 0 Å². The molecule has 6 heteroatoms. The Morgan fingerprint density at radius 3 is 2.45 bits per heavy atom. The van der Waals surface area contributed by atoms with E-state index in [1.165, 1.54) is 6.07 Å². The average Bonchev–Trinajstić information content (AvgIpc) is 3.50. The zero-order chi connectivity index (χ0) is 21.2. The SMILES string of the molecule is CCC(=O)Oc1cccc(C2CC2)c1COc1cc(C)c(CC)cc1C(F)(F)F. The average molecular weight is 406 g/mol. The fourth-order valence-electron chi connectivity index (χ4n) is 3.40. The van der Waals surface area contributed by atoms with Crippen LogP contribution in [0.25, 0.3) is 0 Å². The highest BCUT2D eigenvalue weighted by molar-refractivity contribution is 5.72. The van der Waals surface area contributed by atoms with Crippen LogP contribution in [-0.4, -0.2) is 5.97 Å². The summed E-state index contributed by atoms with van der Waals surface area (Å²) in [4.78, 5) is 11.8. The molecule has 1 aliphatic carbocycles. The van der Waals surface area contributed by atoms with Crippen LogP contribution in [0.15, 0.2) is 30.3 Å². The van der Waals surface area contributed by atoms with Gasteiger partial charge in [0.15, 0.2) is 0 Å². The standard InChI is InChI=1S/C23H25F3O3/c1-4-15-12-19(23(24,25)26)21(11-14(15)3)28-13-18-17(16-9-10-16)7-6-8-20(18)29-22(27)5-2/h6-8,11-12,16H,4-5,9-10,13H2,1-3H3. The van der Waals surface area contributed by atoms with Crippen LogP contribution in [0.5, 0.6) is 11.5 Å². The molecule has 0 bridgehead atoms. The molecule has 0 heterocycles. The van der Waals surface area contributed by atoms with Crippen LogP contribution in [-0.2, 0) is 24.0 Å². The lowest BCUT2D eigenvalue weighted by atomic mass is 10.0. The number of ether oxygens (including phenoxy) is 2. The van der Waals surface area contributed by atoms with E-state index in [0.29, 0.717) is 29.2 Å². The molecule has 2 aromatic rings. The van der Waals surface area contributed by atoms with E-state index in [2.05, 4.69) is 0 Å². The molecule has 0 aliphatic heterocycles. The first-order valence-corrected chi connectivity index (χ1v) is 9.90. The van der Waals surface area contributed by atoms with Crippen LogP contribution in [0, 0.1) is 6.92 Å². The normalized spacial score (nSPS) is 14.0. The highest BCUT2D eigenvalue weighted by Gasteiger charge is 2.35. The maximum atomic E-state index is 13.6. The Kier molecular flexibility index (Phi) is 6.20. The van der Waals surface area contributed by atoms with Crippen LogP contribution in [0.3, 0.4) is 0 Å². The summed E-state index contributed by atoms with van der Waals surface area (Å²) in [7, 11) is 0. The molecule has 3 nitrogen and oxygen atoms in total. The molecule has 0 radical (unpaired) electrons. The first-order valence-electron chi connectivity index (χ1n) is 9.90. The summed E-state index contributed by atoms with van der Waals surface area (Å²) < 4.78 is 51.9. The molecule has 0 amide bonds.